The number of benzene rings is 1. The Balaban J connectivity index is 1.56. The van der Waals surface area contributed by atoms with Crippen molar-refractivity contribution in [1.82, 2.24) is 4.57 Å². The van der Waals surface area contributed by atoms with Crippen LogP contribution in [0.5, 0.6) is 5.75 Å². The molecule has 182 valence electrons. The second-order valence-corrected chi connectivity index (χ2v) is 9.94. The number of ether oxygens (including phenoxy) is 1. The summed E-state index contributed by atoms with van der Waals surface area (Å²) >= 11 is 0. The topological polar surface area (TPSA) is 38.3 Å². The molecule has 0 saturated carbocycles. The van der Waals surface area contributed by atoms with Gasteiger partial charge in [-0.15, -0.1) is 0 Å². The maximum Gasteiger partial charge on any atom is 0.245 e. The molecule has 2 aromatic rings. The highest BCUT2D eigenvalue weighted by Crippen LogP contribution is 2.23. The zero-order chi connectivity index (χ0) is 23.2. The van der Waals surface area contributed by atoms with E-state index in [2.05, 4.69) is 61.4 Å². The summed E-state index contributed by atoms with van der Waals surface area (Å²) in [7, 11) is 0. The number of hydrogen-bond acceptors (Lipinski definition) is 2. The standard InChI is InChI=1S/C28H49N2O2/c1-24(2)29-23-30(25(3)4)28-22-26(18-19-27(28)29)32-21-17-15-13-11-9-7-5-6-8-10-12-14-16-20-31/h18-19,22-25,31H,5-17,20-21H2,1-4H3/q+1. The van der Waals surface area contributed by atoms with Crippen LogP contribution < -0.4 is 9.30 Å². The van der Waals surface area contributed by atoms with Gasteiger partial charge in [0.2, 0.25) is 6.33 Å². The molecule has 4 heteroatoms. The molecule has 32 heavy (non-hydrogen) atoms. The van der Waals surface area contributed by atoms with Crippen molar-refractivity contribution in [2.45, 2.75) is 123 Å². The molecule has 0 spiro atoms. The molecule has 1 aromatic carbocycles. The van der Waals surface area contributed by atoms with Crippen LogP contribution in [0.3, 0.4) is 0 Å². The second kappa shape index (κ2) is 15.3. The number of hydrogen-bond donors (Lipinski definition) is 1. The first-order valence-electron chi connectivity index (χ1n) is 13.3. The summed E-state index contributed by atoms with van der Waals surface area (Å²) < 4.78 is 10.8. The van der Waals surface area contributed by atoms with Gasteiger partial charge in [0.05, 0.1) is 18.7 Å². The predicted octanol–water partition coefficient (Wildman–Crippen LogP) is 7.53. The summed E-state index contributed by atoms with van der Waals surface area (Å²) in [5.74, 6) is 0.991. The Labute approximate surface area is 197 Å². The van der Waals surface area contributed by atoms with Crippen molar-refractivity contribution in [3.05, 3.63) is 24.5 Å². The fourth-order valence-electron chi connectivity index (χ4n) is 4.45. The van der Waals surface area contributed by atoms with Gasteiger partial charge in [-0.3, -0.25) is 0 Å². The molecule has 0 unspecified atom stereocenters. The smallest absolute Gasteiger partial charge is 0.245 e. The number of nitrogens with zero attached hydrogens (tertiary/aromatic N) is 2. The van der Waals surface area contributed by atoms with Crippen molar-refractivity contribution in [2.75, 3.05) is 13.2 Å². The number of unbranched alkanes of at least 4 members (excludes halogenated alkanes) is 12. The zero-order valence-corrected chi connectivity index (χ0v) is 21.3. The Morgan fingerprint density at radius 3 is 1.81 bits per heavy atom. The Morgan fingerprint density at radius 1 is 0.781 bits per heavy atom. The lowest BCUT2D eigenvalue weighted by Gasteiger charge is -2.07. The minimum absolute atomic E-state index is 0.355. The zero-order valence-electron chi connectivity index (χ0n) is 21.3. The molecule has 1 aromatic heterocycles. The van der Waals surface area contributed by atoms with Gasteiger partial charge in [0.15, 0.2) is 11.0 Å². The monoisotopic (exact) mass is 445 g/mol. The molecule has 0 radical (unpaired) electrons. The lowest BCUT2D eigenvalue weighted by molar-refractivity contribution is -0.692. The molecule has 1 N–H and O–H groups in total. The predicted molar refractivity (Wildman–Crippen MR) is 136 cm³/mol. The Morgan fingerprint density at radius 2 is 1.31 bits per heavy atom. The molecule has 4 nitrogen and oxygen atoms in total. The van der Waals surface area contributed by atoms with Crippen LogP contribution in [0.15, 0.2) is 24.5 Å². The van der Waals surface area contributed by atoms with E-state index in [9.17, 15) is 0 Å². The third kappa shape index (κ3) is 9.13. The van der Waals surface area contributed by atoms with Gasteiger partial charge in [-0.05, 0) is 52.7 Å². The van der Waals surface area contributed by atoms with Crippen molar-refractivity contribution >= 4 is 11.0 Å². The van der Waals surface area contributed by atoms with Crippen LogP contribution in [0.4, 0.5) is 0 Å². The van der Waals surface area contributed by atoms with Gasteiger partial charge in [0.25, 0.3) is 0 Å². The minimum atomic E-state index is 0.355. The number of aliphatic hydroxyl groups excluding tert-OH is 1. The first-order chi connectivity index (χ1) is 15.5. The fraction of sp³-hybridized carbons (Fsp3) is 0.750. The van der Waals surface area contributed by atoms with E-state index in [0.29, 0.717) is 18.7 Å². The third-order valence-corrected chi connectivity index (χ3v) is 6.44. The summed E-state index contributed by atoms with van der Waals surface area (Å²) in [4.78, 5) is 0. The van der Waals surface area contributed by atoms with E-state index >= 15 is 0 Å². The highest BCUT2D eigenvalue weighted by atomic mass is 16.5. The van der Waals surface area contributed by atoms with Gasteiger partial charge in [-0.2, -0.15) is 0 Å². The third-order valence-electron chi connectivity index (χ3n) is 6.44. The minimum Gasteiger partial charge on any atom is -0.493 e. The number of aromatic nitrogens is 2. The molecule has 2 rings (SSSR count). The lowest BCUT2D eigenvalue weighted by atomic mass is 10.0. The summed E-state index contributed by atoms with van der Waals surface area (Å²) in [6.45, 7) is 10.1. The van der Waals surface area contributed by atoms with Crippen molar-refractivity contribution in [2.24, 2.45) is 0 Å². The van der Waals surface area contributed by atoms with E-state index in [0.717, 1.165) is 25.2 Å². The molecule has 0 aliphatic heterocycles. The van der Waals surface area contributed by atoms with Crippen LogP contribution in [-0.4, -0.2) is 22.9 Å². The van der Waals surface area contributed by atoms with Crippen LogP contribution in [0, 0.1) is 0 Å². The summed E-state index contributed by atoms with van der Waals surface area (Å²) in [6.07, 6.45) is 19.0. The fourth-order valence-corrected chi connectivity index (χ4v) is 4.45. The molecule has 0 aliphatic carbocycles. The average Bonchev–Trinajstić information content (AvgIpc) is 3.16. The largest absolute Gasteiger partial charge is 0.493 e. The van der Waals surface area contributed by atoms with Crippen LogP contribution >= 0.6 is 0 Å². The molecular formula is C28H49N2O2+. The maximum atomic E-state index is 8.78. The molecule has 0 fully saturated rings. The molecule has 0 atom stereocenters. The summed E-state index contributed by atoms with van der Waals surface area (Å²) in [5.41, 5.74) is 2.54. The van der Waals surface area contributed by atoms with Gasteiger partial charge in [-0.25, -0.2) is 9.13 Å². The Bertz CT molecular complexity index is 751. The highest BCUT2D eigenvalue weighted by Gasteiger charge is 2.20. The van der Waals surface area contributed by atoms with Crippen molar-refractivity contribution in [3.8, 4) is 5.75 Å². The van der Waals surface area contributed by atoms with E-state index in [-0.39, 0.29) is 0 Å². The average molecular weight is 446 g/mol. The van der Waals surface area contributed by atoms with E-state index in [1.54, 1.807) is 0 Å². The van der Waals surface area contributed by atoms with Crippen LogP contribution in [0.2, 0.25) is 0 Å². The van der Waals surface area contributed by atoms with Crippen molar-refractivity contribution in [3.63, 3.8) is 0 Å². The van der Waals surface area contributed by atoms with Gasteiger partial charge in [-0.1, -0.05) is 70.6 Å². The molecule has 0 amide bonds. The Hall–Kier alpha value is -1.55. The van der Waals surface area contributed by atoms with E-state index in [1.165, 1.54) is 81.7 Å². The van der Waals surface area contributed by atoms with Crippen LogP contribution in [-0.2, 0) is 0 Å². The van der Waals surface area contributed by atoms with E-state index in [1.807, 2.05) is 0 Å². The summed E-state index contributed by atoms with van der Waals surface area (Å²) in [6, 6.07) is 7.43. The first-order valence-corrected chi connectivity index (χ1v) is 13.3. The van der Waals surface area contributed by atoms with Gasteiger partial charge < -0.3 is 9.84 Å². The van der Waals surface area contributed by atoms with Crippen molar-refractivity contribution in [1.29, 1.82) is 0 Å². The van der Waals surface area contributed by atoms with Crippen LogP contribution in [0.25, 0.3) is 11.0 Å². The SMILES string of the molecule is CC(C)n1c[n+](C(C)C)c2ccc(OCCCCCCCCCCCCCCCO)cc21. The molecule has 0 bridgehead atoms. The second-order valence-electron chi connectivity index (χ2n) is 9.94. The van der Waals surface area contributed by atoms with Gasteiger partial charge >= 0.3 is 0 Å². The van der Waals surface area contributed by atoms with E-state index < -0.39 is 0 Å². The van der Waals surface area contributed by atoms with E-state index in [4.69, 9.17) is 9.84 Å². The molecule has 0 aliphatic rings. The summed E-state index contributed by atoms with van der Waals surface area (Å²) in [5, 5.41) is 8.78. The normalized spacial score (nSPS) is 11.8. The number of aliphatic hydroxyl groups is 1. The lowest BCUT2D eigenvalue weighted by Crippen LogP contribution is -2.34. The number of imidazole rings is 1. The first kappa shape index (κ1) is 26.7. The number of fused-ring (bicyclic) bond motifs is 1. The highest BCUT2D eigenvalue weighted by molar-refractivity contribution is 5.74. The quantitative estimate of drug-likeness (QED) is 0.190. The molecular weight excluding hydrogens is 396 g/mol. The van der Waals surface area contributed by atoms with Gasteiger partial charge in [0, 0.05) is 12.7 Å². The van der Waals surface area contributed by atoms with Gasteiger partial charge in [0.1, 0.15) is 5.75 Å². The molecule has 1 heterocycles. The van der Waals surface area contributed by atoms with Crippen molar-refractivity contribution < 1.29 is 14.4 Å². The van der Waals surface area contributed by atoms with Crippen LogP contribution in [0.1, 0.15) is 123 Å². The Kier molecular flexibility index (Phi) is 12.8. The number of rotatable bonds is 18. The molecule has 0 saturated heterocycles. The maximum absolute atomic E-state index is 8.78.